The summed E-state index contributed by atoms with van der Waals surface area (Å²) in [6.07, 6.45) is 3.00. The van der Waals surface area contributed by atoms with Gasteiger partial charge in [0.05, 0.1) is 4.92 Å². The molecule has 0 aromatic carbocycles. The van der Waals surface area contributed by atoms with Crippen LogP contribution >= 0.6 is 0 Å². The zero-order valence-electron chi connectivity index (χ0n) is 10.6. The van der Waals surface area contributed by atoms with Gasteiger partial charge in [-0.05, 0) is 24.3 Å². The van der Waals surface area contributed by atoms with Crippen LogP contribution in [0.15, 0.2) is 11.3 Å². The van der Waals surface area contributed by atoms with Crippen molar-refractivity contribution in [2.24, 2.45) is 18.1 Å². The first-order chi connectivity index (χ1) is 9.13. The van der Waals surface area contributed by atoms with Gasteiger partial charge >= 0.3 is 5.69 Å². The van der Waals surface area contributed by atoms with Crippen LogP contribution in [0.3, 0.4) is 0 Å². The maximum Gasteiger partial charge on any atom is 0.331 e. The Hall–Kier alpha value is -2.28. The van der Waals surface area contributed by atoms with Gasteiger partial charge in [-0.2, -0.15) is 5.10 Å². The highest BCUT2D eigenvalue weighted by molar-refractivity contribution is 5.57. The van der Waals surface area contributed by atoms with E-state index in [0.29, 0.717) is 31.4 Å². The highest BCUT2D eigenvalue weighted by atomic mass is 16.6. The van der Waals surface area contributed by atoms with Crippen LogP contribution in [-0.2, 0) is 7.05 Å². The van der Waals surface area contributed by atoms with Crippen molar-refractivity contribution in [3.63, 3.8) is 0 Å². The molecule has 9 heteroatoms. The highest BCUT2D eigenvalue weighted by Crippen LogP contribution is 2.30. The molecule has 1 aliphatic rings. The third-order valence-corrected chi connectivity index (χ3v) is 3.40. The molecule has 9 nitrogen and oxygen atoms in total. The quantitative estimate of drug-likeness (QED) is 0.272. The molecular weight excluding hydrogens is 250 g/mol. The Morgan fingerprint density at radius 2 is 2.32 bits per heavy atom. The number of nitro groups is 1. The summed E-state index contributed by atoms with van der Waals surface area (Å²) in [5.41, 5.74) is 8.33. The maximum absolute atomic E-state index is 11.0. The number of piperidine rings is 1. The molecule has 0 bridgehead atoms. The van der Waals surface area contributed by atoms with Gasteiger partial charge in [0.2, 0.25) is 5.82 Å². The summed E-state index contributed by atoms with van der Waals surface area (Å²) in [6, 6.07) is 0. The SMILES string of the molecule is Cn1ncc([N+](=O)[O-])c1N1CCC(CN=[N+]=[N-])CC1. The van der Waals surface area contributed by atoms with E-state index in [4.69, 9.17) is 5.53 Å². The summed E-state index contributed by atoms with van der Waals surface area (Å²) in [6.45, 7) is 1.93. The monoisotopic (exact) mass is 265 g/mol. The zero-order valence-corrected chi connectivity index (χ0v) is 10.6. The first-order valence-corrected chi connectivity index (χ1v) is 6.05. The van der Waals surface area contributed by atoms with Gasteiger partial charge < -0.3 is 4.90 Å². The van der Waals surface area contributed by atoms with Crippen molar-refractivity contribution in [2.45, 2.75) is 12.8 Å². The predicted molar refractivity (Wildman–Crippen MR) is 68.8 cm³/mol. The lowest BCUT2D eigenvalue weighted by Crippen LogP contribution is -2.36. The van der Waals surface area contributed by atoms with Crippen LogP contribution in [0.2, 0.25) is 0 Å². The number of anilines is 1. The van der Waals surface area contributed by atoms with Gasteiger partial charge in [-0.1, -0.05) is 5.11 Å². The highest BCUT2D eigenvalue weighted by Gasteiger charge is 2.27. The van der Waals surface area contributed by atoms with E-state index in [1.165, 1.54) is 10.9 Å². The second kappa shape index (κ2) is 5.57. The average molecular weight is 265 g/mol. The van der Waals surface area contributed by atoms with Crippen LogP contribution in [0.5, 0.6) is 0 Å². The molecule has 2 rings (SSSR count). The van der Waals surface area contributed by atoms with Crippen LogP contribution in [0.1, 0.15) is 12.8 Å². The zero-order chi connectivity index (χ0) is 13.8. The third kappa shape index (κ3) is 2.76. The second-order valence-corrected chi connectivity index (χ2v) is 4.58. The fraction of sp³-hybridized carbons (Fsp3) is 0.700. The minimum absolute atomic E-state index is 0.0380. The average Bonchev–Trinajstić information content (AvgIpc) is 2.79. The first-order valence-electron chi connectivity index (χ1n) is 6.05. The van der Waals surface area contributed by atoms with Crippen molar-refractivity contribution < 1.29 is 4.92 Å². The number of azide groups is 1. The minimum atomic E-state index is -0.408. The van der Waals surface area contributed by atoms with Gasteiger partial charge in [0, 0.05) is 31.6 Å². The topological polar surface area (TPSA) is 113 Å². The third-order valence-electron chi connectivity index (χ3n) is 3.40. The van der Waals surface area contributed by atoms with Crippen molar-refractivity contribution in [3.05, 3.63) is 26.8 Å². The van der Waals surface area contributed by atoms with Gasteiger partial charge in [-0.15, -0.1) is 0 Å². The molecule has 0 aliphatic carbocycles. The first kappa shape index (κ1) is 13.2. The largest absolute Gasteiger partial charge is 0.351 e. The number of aryl methyl sites for hydroxylation is 1. The fourth-order valence-electron chi connectivity index (χ4n) is 2.39. The maximum atomic E-state index is 11.0. The van der Waals surface area contributed by atoms with Crippen molar-refractivity contribution >= 4 is 11.5 Å². The predicted octanol–water partition coefficient (Wildman–Crippen LogP) is 1.85. The fourth-order valence-corrected chi connectivity index (χ4v) is 2.39. The van der Waals surface area contributed by atoms with E-state index in [-0.39, 0.29) is 5.69 Å². The lowest BCUT2D eigenvalue weighted by molar-refractivity contribution is -0.384. The van der Waals surface area contributed by atoms with Crippen molar-refractivity contribution in [2.75, 3.05) is 24.5 Å². The molecule has 1 aromatic heterocycles. The summed E-state index contributed by atoms with van der Waals surface area (Å²) < 4.78 is 1.53. The van der Waals surface area contributed by atoms with E-state index in [2.05, 4.69) is 15.1 Å². The molecule has 0 N–H and O–H groups in total. The van der Waals surface area contributed by atoms with Crippen molar-refractivity contribution in [1.82, 2.24) is 9.78 Å². The molecular formula is C10H15N7O2. The molecule has 1 aliphatic heterocycles. The van der Waals surface area contributed by atoms with Crippen LogP contribution < -0.4 is 4.90 Å². The van der Waals surface area contributed by atoms with Crippen LogP contribution in [0, 0.1) is 16.0 Å². The number of rotatable bonds is 4. The molecule has 2 heterocycles. The Morgan fingerprint density at radius 3 is 2.89 bits per heavy atom. The Labute approximate surface area is 109 Å². The molecule has 19 heavy (non-hydrogen) atoms. The summed E-state index contributed by atoms with van der Waals surface area (Å²) in [4.78, 5) is 15.3. The van der Waals surface area contributed by atoms with Gasteiger partial charge in [-0.25, -0.2) is 4.68 Å². The summed E-state index contributed by atoms with van der Waals surface area (Å²) in [7, 11) is 1.70. The summed E-state index contributed by atoms with van der Waals surface area (Å²) in [5.74, 6) is 0.909. The van der Waals surface area contributed by atoms with Gasteiger partial charge in [0.1, 0.15) is 6.20 Å². The van der Waals surface area contributed by atoms with Gasteiger partial charge in [-0.3, -0.25) is 10.1 Å². The Morgan fingerprint density at radius 1 is 1.63 bits per heavy atom. The molecule has 0 spiro atoms. The minimum Gasteiger partial charge on any atom is -0.351 e. The second-order valence-electron chi connectivity index (χ2n) is 4.58. The molecule has 0 radical (unpaired) electrons. The van der Waals surface area contributed by atoms with Crippen LogP contribution in [0.25, 0.3) is 10.4 Å². The Bertz CT molecular complexity index is 512. The summed E-state index contributed by atoms with van der Waals surface area (Å²) in [5, 5.41) is 18.5. The van der Waals surface area contributed by atoms with Crippen molar-refractivity contribution in [3.8, 4) is 0 Å². The number of hydrogen-bond acceptors (Lipinski definition) is 5. The molecule has 1 fully saturated rings. The van der Waals surface area contributed by atoms with E-state index in [0.717, 1.165) is 12.8 Å². The standard InChI is InChI=1S/C10H15N7O2/c1-15-10(9(7-13-15)17(18)19)16-4-2-8(3-5-16)6-12-14-11/h7-8H,2-6H2,1H3. The van der Waals surface area contributed by atoms with E-state index in [9.17, 15) is 10.1 Å². The van der Waals surface area contributed by atoms with E-state index in [1.54, 1.807) is 7.05 Å². The van der Waals surface area contributed by atoms with E-state index < -0.39 is 4.92 Å². The lowest BCUT2D eigenvalue weighted by Gasteiger charge is -2.32. The van der Waals surface area contributed by atoms with Crippen LogP contribution in [0.4, 0.5) is 11.5 Å². The molecule has 0 saturated carbocycles. The lowest BCUT2D eigenvalue weighted by atomic mass is 9.97. The Balaban J connectivity index is 2.07. The normalized spacial score (nSPS) is 16.2. The number of hydrogen-bond donors (Lipinski definition) is 0. The molecule has 1 aromatic rings. The Kier molecular flexibility index (Phi) is 3.86. The van der Waals surface area contributed by atoms with Gasteiger partial charge in [0.25, 0.3) is 0 Å². The number of nitrogens with zero attached hydrogens (tertiary/aromatic N) is 7. The summed E-state index contributed by atoms with van der Waals surface area (Å²) >= 11 is 0. The van der Waals surface area contributed by atoms with Crippen LogP contribution in [-0.4, -0.2) is 34.3 Å². The molecule has 1 saturated heterocycles. The molecule has 0 unspecified atom stereocenters. The van der Waals surface area contributed by atoms with E-state index in [1.807, 2.05) is 4.90 Å². The molecule has 0 amide bonds. The molecule has 102 valence electrons. The van der Waals surface area contributed by atoms with Crippen molar-refractivity contribution in [1.29, 1.82) is 0 Å². The number of aromatic nitrogens is 2. The van der Waals surface area contributed by atoms with Gasteiger partial charge in [0.15, 0.2) is 0 Å². The van der Waals surface area contributed by atoms with E-state index >= 15 is 0 Å². The smallest absolute Gasteiger partial charge is 0.331 e. The molecule has 0 atom stereocenters.